The number of aliphatic carboxylic acids is 1. The van der Waals surface area contributed by atoms with Crippen molar-refractivity contribution in [2.45, 2.75) is 12.5 Å². The van der Waals surface area contributed by atoms with Gasteiger partial charge in [-0.15, -0.1) is 0 Å². The second-order valence-electron chi connectivity index (χ2n) is 8.13. The van der Waals surface area contributed by atoms with Gasteiger partial charge in [0.1, 0.15) is 6.04 Å². The van der Waals surface area contributed by atoms with Gasteiger partial charge in [0, 0.05) is 40.4 Å². The number of nitrogens with zero attached hydrogens (tertiary/aromatic N) is 3. The highest BCUT2D eigenvalue weighted by molar-refractivity contribution is 5.77. The van der Waals surface area contributed by atoms with Gasteiger partial charge in [-0.2, -0.15) is 0 Å². The average Bonchev–Trinajstić information content (AvgIpc) is 3.64. The second kappa shape index (κ2) is 9.62. The Morgan fingerprint density at radius 1 is 0.800 bits per heavy atom. The quantitative estimate of drug-likeness (QED) is 0.266. The zero-order chi connectivity index (χ0) is 24.2. The maximum atomic E-state index is 10.3. The van der Waals surface area contributed by atoms with Crippen molar-refractivity contribution in [2.24, 2.45) is 5.73 Å². The Morgan fingerprint density at radius 2 is 1.29 bits per heavy atom. The average molecular weight is 466 g/mol. The Balaban J connectivity index is 0.000000195. The fourth-order valence-corrected chi connectivity index (χ4v) is 3.66. The fourth-order valence-electron chi connectivity index (χ4n) is 3.66. The van der Waals surface area contributed by atoms with Crippen LogP contribution in [0, 0.1) is 0 Å². The number of carboxylic acid groups (broad SMARTS) is 1. The number of aromatic amines is 3. The molecule has 0 saturated heterocycles. The molecule has 4 aromatic rings. The van der Waals surface area contributed by atoms with Crippen molar-refractivity contribution in [2.75, 3.05) is 0 Å². The molecule has 35 heavy (non-hydrogen) atoms. The summed E-state index contributed by atoms with van der Waals surface area (Å²) in [6.45, 7) is 0. The number of nitrogens with one attached hydrogen (secondary N) is 3. The summed E-state index contributed by atoms with van der Waals surface area (Å²) in [7, 11) is 0. The molecule has 174 valence electrons. The first-order chi connectivity index (χ1) is 17.0. The van der Waals surface area contributed by atoms with Crippen molar-refractivity contribution in [1.82, 2.24) is 29.9 Å². The van der Waals surface area contributed by atoms with Gasteiger partial charge in [0.2, 0.25) is 0 Å². The summed E-state index contributed by atoms with van der Waals surface area (Å²) in [5.74, 6) is -1.00. The molecule has 0 aliphatic carbocycles. The minimum Gasteiger partial charge on any atom is -0.480 e. The van der Waals surface area contributed by atoms with Gasteiger partial charge in [-0.3, -0.25) is 4.79 Å². The minimum atomic E-state index is -1.00. The normalized spacial score (nSPS) is 12.7. The molecular weight excluding hydrogens is 442 g/mol. The van der Waals surface area contributed by atoms with Crippen molar-refractivity contribution in [3.8, 4) is 0 Å². The molecule has 1 atom stereocenters. The van der Waals surface area contributed by atoms with E-state index in [1.54, 1.807) is 6.20 Å². The van der Waals surface area contributed by atoms with Crippen molar-refractivity contribution in [1.29, 1.82) is 0 Å². The van der Waals surface area contributed by atoms with E-state index >= 15 is 0 Å². The number of carboxylic acids is 1. The Hall–Kier alpha value is -4.76. The third-order valence-corrected chi connectivity index (χ3v) is 5.35. The number of rotatable bonds is 3. The zero-order valence-electron chi connectivity index (χ0n) is 18.6. The van der Waals surface area contributed by atoms with Gasteiger partial charge in [0.15, 0.2) is 0 Å². The second-order valence-corrected chi connectivity index (χ2v) is 8.13. The molecule has 0 amide bonds. The molecule has 6 N–H and O–H groups in total. The van der Waals surface area contributed by atoms with Crippen LogP contribution in [0.1, 0.15) is 28.5 Å². The largest absolute Gasteiger partial charge is 0.480 e. The number of fused-ring (bicyclic) bond motifs is 8. The van der Waals surface area contributed by atoms with Crippen LogP contribution in [0.5, 0.6) is 0 Å². The van der Waals surface area contributed by atoms with Crippen LogP contribution in [0.3, 0.4) is 0 Å². The summed E-state index contributed by atoms with van der Waals surface area (Å²) in [5.41, 5.74) is 13.9. The van der Waals surface area contributed by atoms with E-state index in [1.165, 1.54) is 6.33 Å². The first-order valence-corrected chi connectivity index (χ1v) is 11.0. The Kier molecular flexibility index (Phi) is 6.06. The van der Waals surface area contributed by atoms with E-state index < -0.39 is 12.0 Å². The van der Waals surface area contributed by atoms with Gasteiger partial charge in [-0.25, -0.2) is 15.0 Å². The Morgan fingerprint density at radius 3 is 1.74 bits per heavy atom. The SMILES string of the molecule is C1=Cc2cc3ccc(cc4ccc(cc5nc(cc1n2)C=C5)[nH]4)[nH]3.NC(Cc1cnc[nH]1)C(=O)O. The first-order valence-electron chi connectivity index (χ1n) is 11.0. The zero-order valence-corrected chi connectivity index (χ0v) is 18.6. The Bertz CT molecular complexity index is 1490. The predicted octanol–water partition coefficient (Wildman–Crippen LogP) is 4.02. The molecule has 6 heterocycles. The van der Waals surface area contributed by atoms with Crippen LogP contribution in [-0.4, -0.2) is 47.0 Å². The lowest BCUT2D eigenvalue weighted by Crippen LogP contribution is -2.32. The van der Waals surface area contributed by atoms with Crippen LogP contribution in [0.25, 0.3) is 46.4 Å². The topological polar surface area (TPSA) is 149 Å². The Labute approximate surface area is 200 Å². The molecule has 6 rings (SSSR count). The van der Waals surface area contributed by atoms with Crippen LogP contribution in [0.15, 0.2) is 61.1 Å². The van der Waals surface area contributed by atoms with E-state index in [0.29, 0.717) is 0 Å². The minimum absolute atomic E-state index is 0.287. The molecule has 0 saturated carbocycles. The van der Waals surface area contributed by atoms with Crippen molar-refractivity contribution in [3.63, 3.8) is 0 Å². The summed E-state index contributed by atoms with van der Waals surface area (Å²) in [6.07, 6.45) is 11.4. The molecule has 1 unspecified atom stereocenters. The van der Waals surface area contributed by atoms with Crippen LogP contribution < -0.4 is 5.73 Å². The highest BCUT2D eigenvalue weighted by Gasteiger charge is 2.12. The van der Waals surface area contributed by atoms with Gasteiger partial charge < -0.3 is 25.8 Å². The number of imidazole rings is 1. The summed E-state index contributed by atoms with van der Waals surface area (Å²) in [5, 5.41) is 8.42. The fraction of sp³-hybridized carbons (Fsp3) is 0.0769. The summed E-state index contributed by atoms with van der Waals surface area (Å²) in [4.78, 5) is 32.8. The van der Waals surface area contributed by atoms with E-state index in [4.69, 9.17) is 10.8 Å². The van der Waals surface area contributed by atoms with Gasteiger partial charge in [0.25, 0.3) is 0 Å². The lowest BCUT2D eigenvalue weighted by atomic mass is 10.2. The van der Waals surface area contributed by atoms with Crippen LogP contribution in [0.4, 0.5) is 0 Å². The molecule has 8 bridgehead atoms. The molecule has 9 nitrogen and oxygen atoms in total. The monoisotopic (exact) mass is 465 g/mol. The highest BCUT2D eigenvalue weighted by atomic mass is 16.4. The molecular formula is C26H23N7O2. The van der Waals surface area contributed by atoms with E-state index in [0.717, 1.165) is 50.5 Å². The van der Waals surface area contributed by atoms with Gasteiger partial charge in [-0.1, -0.05) is 0 Å². The van der Waals surface area contributed by atoms with Crippen molar-refractivity contribution in [3.05, 3.63) is 89.5 Å². The maximum absolute atomic E-state index is 10.3. The molecule has 0 fully saturated rings. The van der Waals surface area contributed by atoms with Gasteiger partial charge in [-0.05, 0) is 72.8 Å². The molecule has 2 aliphatic rings. The predicted molar refractivity (Wildman–Crippen MR) is 137 cm³/mol. The summed E-state index contributed by atoms with van der Waals surface area (Å²) < 4.78 is 0. The number of hydrogen-bond acceptors (Lipinski definition) is 5. The lowest BCUT2D eigenvalue weighted by molar-refractivity contribution is -0.138. The number of nitrogens with two attached hydrogens (primary N) is 1. The van der Waals surface area contributed by atoms with Crippen molar-refractivity contribution >= 4 is 52.3 Å². The van der Waals surface area contributed by atoms with E-state index in [9.17, 15) is 4.79 Å². The standard InChI is InChI=1S/C20H14N4.C6H9N3O2/c1-2-14-10-16-5-6-18(23-16)12-20-8-7-19(24-20)11-17-4-3-15(22-17)9-13(1)21-14;7-5(6(10)11)1-4-2-8-3-9-4/h1-12,21-22H;2-3,5H,1,7H2,(H,8,9)(H,10,11). The van der Waals surface area contributed by atoms with E-state index in [1.807, 2.05) is 42.5 Å². The smallest absolute Gasteiger partial charge is 0.320 e. The third-order valence-electron chi connectivity index (χ3n) is 5.35. The molecule has 0 radical (unpaired) electrons. The molecule has 2 aliphatic heterocycles. The molecule has 0 aromatic carbocycles. The lowest BCUT2D eigenvalue weighted by Gasteiger charge is -2.02. The maximum Gasteiger partial charge on any atom is 0.320 e. The number of hydrogen-bond donors (Lipinski definition) is 5. The van der Waals surface area contributed by atoms with Crippen LogP contribution >= 0.6 is 0 Å². The van der Waals surface area contributed by atoms with Crippen LogP contribution in [0.2, 0.25) is 0 Å². The van der Waals surface area contributed by atoms with Crippen LogP contribution in [-0.2, 0) is 11.2 Å². The number of aromatic nitrogens is 6. The summed E-state index contributed by atoms with van der Waals surface area (Å²) >= 11 is 0. The third kappa shape index (κ3) is 5.60. The number of carbonyl (C=O) groups is 1. The van der Waals surface area contributed by atoms with E-state index in [2.05, 4.69) is 60.2 Å². The summed E-state index contributed by atoms with van der Waals surface area (Å²) in [6, 6.07) is 15.6. The van der Waals surface area contributed by atoms with Crippen molar-refractivity contribution < 1.29 is 9.90 Å². The highest BCUT2D eigenvalue weighted by Crippen LogP contribution is 2.17. The molecule has 0 spiro atoms. The van der Waals surface area contributed by atoms with Gasteiger partial charge >= 0.3 is 5.97 Å². The molecule has 9 heteroatoms. The van der Waals surface area contributed by atoms with Gasteiger partial charge in [0.05, 0.1) is 29.1 Å². The number of H-pyrrole nitrogens is 3. The van der Waals surface area contributed by atoms with E-state index in [-0.39, 0.29) is 6.42 Å². The first kappa shape index (κ1) is 22.1. The molecule has 4 aromatic heterocycles.